The lowest BCUT2D eigenvalue weighted by Gasteiger charge is -1.96. The average molecular weight is 259 g/mol. The number of fused-ring (bicyclic) bond motifs is 1. The Labute approximate surface area is 106 Å². The van der Waals surface area contributed by atoms with Crippen molar-refractivity contribution in [1.29, 1.82) is 0 Å². The number of carbonyl (C=O) groups is 1. The number of rotatable bonds is 3. The highest BCUT2D eigenvalue weighted by atomic mass is 32.1. The fraction of sp³-hybridized carbons (Fsp3) is 0.0833. The maximum absolute atomic E-state index is 11.0. The standard InChI is InChI=1S/C12H9N3O2S/c16-10(17)7-8-11(9-3-1-6-18-9)14-15-5-2-4-13-12(8)15/h1-6H,7H2,(H,16,17). The van der Waals surface area contributed by atoms with E-state index in [1.165, 1.54) is 11.3 Å². The predicted octanol–water partition coefficient (Wildman–Crippen LogP) is 2.08. The van der Waals surface area contributed by atoms with Crippen molar-refractivity contribution in [1.82, 2.24) is 14.6 Å². The van der Waals surface area contributed by atoms with Crippen molar-refractivity contribution < 1.29 is 9.90 Å². The van der Waals surface area contributed by atoms with Crippen molar-refractivity contribution in [2.24, 2.45) is 0 Å². The second-order valence-corrected chi connectivity index (χ2v) is 4.71. The van der Waals surface area contributed by atoms with Crippen LogP contribution in [0.1, 0.15) is 5.56 Å². The van der Waals surface area contributed by atoms with E-state index < -0.39 is 5.97 Å². The van der Waals surface area contributed by atoms with Crippen molar-refractivity contribution >= 4 is 23.0 Å². The summed E-state index contributed by atoms with van der Waals surface area (Å²) in [7, 11) is 0. The third kappa shape index (κ3) is 1.76. The van der Waals surface area contributed by atoms with Gasteiger partial charge in [-0.2, -0.15) is 5.10 Å². The molecule has 0 amide bonds. The molecule has 0 atom stereocenters. The molecular weight excluding hydrogens is 250 g/mol. The van der Waals surface area contributed by atoms with Crippen LogP contribution in [0.5, 0.6) is 0 Å². The van der Waals surface area contributed by atoms with Gasteiger partial charge in [-0.05, 0) is 17.5 Å². The van der Waals surface area contributed by atoms with E-state index in [4.69, 9.17) is 5.11 Å². The highest BCUT2D eigenvalue weighted by Crippen LogP contribution is 2.29. The third-order valence-corrected chi connectivity index (χ3v) is 3.45. The minimum atomic E-state index is -0.881. The van der Waals surface area contributed by atoms with Gasteiger partial charge in [0, 0.05) is 18.0 Å². The van der Waals surface area contributed by atoms with E-state index in [0.29, 0.717) is 16.9 Å². The first-order valence-electron chi connectivity index (χ1n) is 5.33. The zero-order valence-corrected chi connectivity index (χ0v) is 10.1. The maximum atomic E-state index is 11.0. The Kier molecular flexibility index (Phi) is 2.56. The first kappa shape index (κ1) is 10.9. The lowest BCUT2D eigenvalue weighted by Crippen LogP contribution is -2.01. The van der Waals surface area contributed by atoms with Crippen LogP contribution in [0.3, 0.4) is 0 Å². The minimum Gasteiger partial charge on any atom is -0.481 e. The van der Waals surface area contributed by atoms with E-state index >= 15 is 0 Å². The molecule has 0 fully saturated rings. The van der Waals surface area contributed by atoms with Gasteiger partial charge in [-0.1, -0.05) is 6.07 Å². The lowest BCUT2D eigenvalue weighted by atomic mass is 10.1. The predicted molar refractivity (Wildman–Crippen MR) is 67.6 cm³/mol. The Morgan fingerprint density at radius 2 is 2.33 bits per heavy atom. The number of aliphatic carboxylic acids is 1. The minimum absolute atomic E-state index is 0.0756. The summed E-state index contributed by atoms with van der Waals surface area (Å²) in [5, 5.41) is 15.4. The summed E-state index contributed by atoms with van der Waals surface area (Å²) in [6, 6.07) is 5.61. The summed E-state index contributed by atoms with van der Waals surface area (Å²) in [5.74, 6) is -0.881. The number of carboxylic acids is 1. The normalized spacial score (nSPS) is 10.9. The SMILES string of the molecule is O=C(O)Cc1c(-c2cccs2)nn2cccnc12. The van der Waals surface area contributed by atoms with Crippen LogP contribution in [0.15, 0.2) is 36.0 Å². The quantitative estimate of drug-likeness (QED) is 0.782. The van der Waals surface area contributed by atoms with Crippen molar-refractivity contribution in [2.45, 2.75) is 6.42 Å². The molecule has 0 spiro atoms. The largest absolute Gasteiger partial charge is 0.481 e. The molecule has 0 aliphatic heterocycles. The van der Waals surface area contributed by atoms with Gasteiger partial charge in [-0.3, -0.25) is 4.79 Å². The van der Waals surface area contributed by atoms with Crippen LogP contribution in [0.2, 0.25) is 0 Å². The summed E-state index contributed by atoms with van der Waals surface area (Å²) >= 11 is 1.54. The topological polar surface area (TPSA) is 67.5 Å². The van der Waals surface area contributed by atoms with Gasteiger partial charge in [0.1, 0.15) is 5.69 Å². The van der Waals surface area contributed by atoms with E-state index in [-0.39, 0.29) is 6.42 Å². The molecule has 0 saturated carbocycles. The van der Waals surface area contributed by atoms with Crippen LogP contribution in [-0.4, -0.2) is 25.7 Å². The van der Waals surface area contributed by atoms with Crippen LogP contribution in [0, 0.1) is 0 Å². The maximum Gasteiger partial charge on any atom is 0.308 e. The fourth-order valence-corrected chi connectivity index (χ4v) is 2.60. The summed E-state index contributed by atoms with van der Waals surface area (Å²) in [5.41, 5.74) is 1.96. The molecule has 1 N–H and O–H groups in total. The number of carboxylic acid groups (broad SMARTS) is 1. The Morgan fingerprint density at radius 3 is 3.06 bits per heavy atom. The molecule has 0 unspecified atom stereocenters. The number of thiophene rings is 1. The van der Waals surface area contributed by atoms with E-state index in [1.54, 1.807) is 23.0 Å². The van der Waals surface area contributed by atoms with Crippen molar-refractivity contribution in [3.8, 4) is 10.6 Å². The summed E-state index contributed by atoms with van der Waals surface area (Å²) in [6.45, 7) is 0. The van der Waals surface area contributed by atoms with Gasteiger partial charge >= 0.3 is 5.97 Å². The van der Waals surface area contributed by atoms with Gasteiger partial charge < -0.3 is 5.11 Å². The Morgan fingerprint density at radius 1 is 1.44 bits per heavy atom. The molecule has 90 valence electrons. The van der Waals surface area contributed by atoms with E-state index in [0.717, 1.165) is 4.88 Å². The van der Waals surface area contributed by atoms with Crippen LogP contribution < -0.4 is 0 Å². The van der Waals surface area contributed by atoms with Crippen LogP contribution >= 0.6 is 11.3 Å². The van der Waals surface area contributed by atoms with Gasteiger partial charge in [0.2, 0.25) is 0 Å². The van der Waals surface area contributed by atoms with Crippen LogP contribution in [0.25, 0.3) is 16.2 Å². The van der Waals surface area contributed by atoms with Crippen molar-refractivity contribution in [3.05, 3.63) is 41.5 Å². The molecule has 3 aromatic heterocycles. The smallest absolute Gasteiger partial charge is 0.308 e. The van der Waals surface area contributed by atoms with Gasteiger partial charge in [0.25, 0.3) is 0 Å². The highest BCUT2D eigenvalue weighted by Gasteiger charge is 2.18. The van der Waals surface area contributed by atoms with Crippen LogP contribution in [-0.2, 0) is 11.2 Å². The Balaban J connectivity index is 2.26. The third-order valence-electron chi connectivity index (χ3n) is 2.57. The zero-order chi connectivity index (χ0) is 12.5. The molecule has 0 aliphatic rings. The molecule has 0 bridgehead atoms. The molecule has 18 heavy (non-hydrogen) atoms. The molecule has 3 rings (SSSR count). The summed E-state index contributed by atoms with van der Waals surface area (Å²) in [4.78, 5) is 16.1. The van der Waals surface area contributed by atoms with Gasteiger partial charge in [-0.25, -0.2) is 9.50 Å². The van der Waals surface area contributed by atoms with Gasteiger partial charge in [-0.15, -0.1) is 11.3 Å². The fourth-order valence-electron chi connectivity index (χ4n) is 1.86. The highest BCUT2D eigenvalue weighted by molar-refractivity contribution is 7.13. The monoisotopic (exact) mass is 259 g/mol. The van der Waals surface area contributed by atoms with E-state index in [9.17, 15) is 4.79 Å². The van der Waals surface area contributed by atoms with Crippen molar-refractivity contribution in [2.75, 3.05) is 0 Å². The molecule has 0 aromatic carbocycles. The average Bonchev–Trinajstić information content (AvgIpc) is 2.96. The van der Waals surface area contributed by atoms with E-state index in [2.05, 4.69) is 10.1 Å². The second kappa shape index (κ2) is 4.23. The Hall–Kier alpha value is -2.21. The second-order valence-electron chi connectivity index (χ2n) is 3.76. The molecule has 6 heteroatoms. The molecule has 0 saturated heterocycles. The number of nitrogens with zero attached hydrogens (tertiary/aromatic N) is 3. The summed E-state index contributed by atoms with van der Waals surface area (Å²) in [6.07, 6.45) is 3.33. The molecular formula is C12H9N3O2S. The zero-order valence-electron chi connectivity index (χ0n) is 9.28. The first-order chi connectivity index (χ1) is 8.75. The molecule has 5 nitrogen and oxygen atoms in total. The first-order valence-corrected chi connectivity index (χ1v) is 6.21. The molecule has 0 aliphatic carbocycles. The molecule has 0 radical (unpaired) electrons. The van der Waals surface area contributed by atoms with Gasteiger partial charge in [0.05, 0.1) is 11.3 Å². The number of aromatic nitrogens is 3. The van der Waals surface area contributed by atoms with Crippen LogP contribution in [0.4, 0.5) is 0 Å². The number of hydrogen-bond donors (Lipinski definition) is 1. The van der Waals surface area contributed by atoms with Gasteiger partial charge in [0.15, 0.2) is 5.65 Å². The van der Waals surface area contributed by atoms with E-state index in [1.807, 2.05) is 17.5 Å². The number of hydrogen-bond acceptors (Lipinski definition) is 4. The molecule has 3 aromatic rings. The summed E-state index contributed by atoms with van der Waals surface area (Å²) < 4.78 is 1.62. The molecule has 3 heterocycles. The lowest BCUT2D eigenvalue weighted by molar-refractivity contribution is -0.136. The Bertz CT molecular complexity index is 703. The van der Waals surface area contributed by atoms with Crippen molar-refractivity contribution in [3.63, 3.8) is 0 Å².